The van der Waals surface area contributed by atoms with Gasteiger partial charge >= 0.3 is 5.69 Å². The average Bonchev–Trinajstić information content (AvgIpc) is 2.78. The second-order valence-corrected chi connectivity index (χ2v) is 5.28. The lowest BCUT2D eigenvalue weighted by atomic mass is 10.1. The van der Waals surface area contributed by atoms with Crippen LogP contribution in [0.2, 0.25) is 0 Å². The summed E-state index contributed by atoms with van der Waals surface area (Å²) in [5.41, 5.74) is -0.816. The maximum atomic E-state index is 14.1. The number of aromatic nitrogens is 2. The quantitative estimate of drug-likeness (QED) is 0.584. The van der Waals surface area contributed by atoms with Crippen molar-refractivity contribution < 1.29 is 19.3 Å². The number of rotatable bonds is 5. The van der Waals surface area contributed by atoms with Gasteiger partial charge in [-0.1, -0.05) is 0 Å². The van der Waals surface area contributed by atoms with Gasteiger partial charge in [0.2, 0.25) is 0 Å². The molecule has 2 heterocycles. The third kappa shape index (κ3) is 3.57. The van der Waals surface area contributed by atoms with E-state index in [0.717, 1.165) is 10.8 Å². The van der Waals surface area contributed by atoms with E-state index in [1.54, 1.807) is 6.92 Å². The number of hydrogen-bond acceptors (Lipinski definition) is 6. The second kappa shape index (κ2) is 7.16. The number of halogens is 1. The molecule has 1 aromatic rings. The number of aliphatic imine (C=N–C) groups is 1. The van der Waals surface area contributed by atoms with Crippen molar-refractivity contribution in [2.45, 2.75) is 45.3 Å². The van der Waals surface area contributed by atoms with E-state index in [1.165, 1.54) is 6.34 Å². The van der Waals surface area contributed by atoms with E-state index in [0.29, 0.717) is 13.1 Å². The Morgan fingerprint density at radius 2 is 2.09 bits per heavy atom. The van der Waals surface area contributed by atoms with Gasteiger partial charge in [0.25, 0.3) is 0 Å². The molecular weight excluding hydrogens is 307 g/mol. The molecule has 2 rings (SSSR count). The van der Waals surface area contributed by atoms with Crippen LogP contribution >= 0.6 is 0 Å². The maximum Gasteiger partial charge on any atom is 0.352 e. The first kappa shape index (κ1) is 17.5. The predicted molar refractivity (Wildman–Crippen MR) is 81.1 cm³/mol. The standard InChI is InChI=1S/C14H21FN4O4/c1-4-18(5-2)7-16-12-9(15)6-19(14(22)17-12)13-11(21)10(20)8(3)23-13/h6-8,10-11,13,20-21H,4-5H2,1-3H3/t8-,10-,11-,13-/m1/s1. The van der Waals surface area contributed by atoms with Crippen LogP contribution in [0.4, 0.5) is 10.2 Å². The minimum atomic E-state index is -1.34. The van der Waals surface area contributed by atoms with Gasteiger partial charge in [-0.2, -0.15) is 4.98 Å². The Hall–Kier alpha value is -1.84. The van der Waals surface area contributed by atoms with E-state index < -0.39 is 36.0 Å². The number of ether oxygens (including phenoxy) is 1. The van der Waals surface area contributed by atoms with Crippen molar-refractivity contribution in [3.63, 3.8) is 0 Å². The van der Waals surface area contributed by atoms with Crippen LogP contribution in [-0.4, -0.2) is 62.4 Å². The smallest absolute Gasteiger partial charge is 0.352 e. The van der Waals surface area contributed by atoms with Crippen molar-refractivity contribution in [2.24, 2.45) is 4.99 Å². The van der Waals surface area contributed by atoms with Gasteiger partial charge in [-0.25, -0.2) is 14.2 Å². The van der Waals surface area contributed by atoms with E-state index in [9.17, 15) is 19.4 Å². The topological polar surface area (TPSA) is 100 Å². The lowest BCUT2D eigenvalue weighted by Crippen LogP contribution is -2.35. The molecule has 23 heavy (non-hydrogen) atoms. The van der Waals surface area contributed by atoms with Crippen LogP contribution in [0.5, 0.6) is 0 Å². The van der Waals surface area contributed by atoms with Crippen LogP contribution < -0.4 is 5.69 Å². The Morgan fingerprint density at radius 1 is 1.43 bits per heavy atom. The van der Waals surface area contributed by atoms with Gasteiger partial charge in [-0.05, 0) is 20.8 Å². The summed E-state index contributed by atoms with van der Waals surface area (Å²) in [7, 11) is 0. The zero-order valence-electron chi connectivity index (χ0n) is 13.3. The second-order valence-electron chi connectivity index (χ2n) is 5.28. The third-order valence-corrected chi connectivity index (χ3v) is 3.80. The number of hydrogen-bond donors (Lipinski definition) is 2. The Balaban J connectivity index is 2.29. The van der Waals surface area contributed by atoms with Gasteiger partial charge in [-0.15, -0.1) is 0 Å². The fourth-order valence-corrected chi connectivity index (χ4v) is 2.29. The molecule has 1 fully saturated rings. The molecule has 2 N–H and O–H groups in total. The summed E-state index contributed by atoms with van der Waals surface area (Å²) < 4.78 is 20.2. The molecule has 0 saturated carbocycles. The van der Waals surface area contributed by atoms with E-state index >= 15 is 0 Å². The molecule has 4 atom stereocenters. The molecule has 0 aliphatic carbocycles. The summed E-state index contributed by atoms with van der Waals surface area (Å²) in [6.07, 6.45) is -2.06. The van der Waals surface area contributed by atoms with Gasteiger partial charge in [0, 0.05) is 13.1 Å². The molecule has 1 aromatic heterocycles. The van der Waals surface area contributed by atoms with Crippen LogP contribution in [0.1, 0.15) is 27.0 Å². The summed E-state index contributed by atoms with van der Waals surface area (Å²) in [6, 6.07) is 0. The van der Waals surface area contributed by atoms with Gasteiger partial charge in [-0.3, -0.25) is 4.57 Å². The van der Waals surface area contributed by atoms with Crippen molar-refractivity contribution in [1.29, 1.82) is 0 Å². The summed E-state index contributed by atoms with van der Waals surface area (Å²) in [5, 5.41) is 19.6. The first-order valence-electron chi connectivity index (χ1n) is 7.47. The van der Waals surface area contributed by atoms with Crippen molar-refractivity contribution in [1.82, 2.24) is 14.5 Å². The molecule has 1 aliphatic heterocycles. The fraction of sp³-hybridized carbons (Fsp3) is 0.643. The third-order valence-electron chi connectivity index (χ3n) is 3.80. The van der Waals surface area contributed by atoms with Crippen LogP contribution in [-0.2, 0) is 4.74 Å². The molecule has 0 spiro atoms. The molecule has 0 unspecified atom stereocenters. The molecule has 9 heteroatoms. The Bertz CT molecular complexity index is 632. The average molecular weight is 328 g/mol. The van der Waals surface area contributed by atoms with Crippen molar-refractivity contribution in [2.75, 3.05) is 13.1 Å². The zero-order chi connectivity index (χ0) is 17.1. The highest BCUT2D eigenvalue weighted by atomic mass is 19.1. The molecule has 0 bridgehead atoms. The molecule has 1 aliphatic rings. The zero-order valence-corrected chi connectivity index (χ0v) is 13.3. The highest BCUT2D eigenvalue weighted by Gasteiger charge is 2.42. The number of nitrogens with zero attached hydrogens (tertiary/aromatic N) is 4. The Kier molecular flexibility index (Phi) is 5.45. The Morgan fingerprint density at radius 3 is 2.61 bits per heavy atom. The summed E-state index contributed by atoms with van der Waals surface area (Å²) in [5.74, 6) is -1.16. The van der Waals surface area contributed by atoms with Gasteiger partial charge in [0.1, 0.15) is 12.2 Å². The largest absolute Gasteiger partial charge is 0.388 e. The number of aliphatic hydroxyl groups is 2. The Labute approximate surface area is 132 Å². The maximum absolute atomic E-state index is 14.1. The molecule has 128 valence electrons. The lowest BCUT2D eigenvalue weighted by molar-refractivity contribution is -0.0355. The van der Waals surface area contributed by atoms with E-state index in [-0.39, 0.29) is 5.82 Å². The van der Waals surface area contributed by atoms with Crippen LogP contribution in [0, 0.1) is 5.82 Å². The minimum absolute atomic E-state index is 0.334. The summed E-state index contributed by atoms with van der Waals surface area (Å²) in [6.45, 7) is 6.77. The highest BCUT2D eigenvalue weighted by Crippen LogP contribution is 2.28. The number of aliphatic hydroxyl groups excluding tert-OH is 2. The highest BCUT2D eigenvalue weighted by molar-refractivity contribution is 5.59. The SMILES string of the molecule is CCN(C=Nc1nc(=O)n([C@@H]2O[C@H](C)[C@@H](O)[C@H]2O)cc1F)CC. The summed E-state index contributed by atoms with van der Waals surface area (Å²) >= 11 is 0. The van der Waals surface area contributed by atoms with Crippen molar-refractivity contribution in [3.8, 4) is 0 Å². The molecular formula is C14H21FN4O4. The van der Waals surface area contributed by atoms with Crippen molar-refractivity contribution in [3.05, 3.63) is 22.5 Å². The van der Waals surface area contributed by atoms with Crippen LogP contribution in [0.25, 0.3) is 0 Å². The molecule has 8 nitrogen and oxygen atoms in total. The molecule has 0 radical (unpaired) electrons. The fourth-order valence-electron chi connectivity index (χ4n) is 2.29. The van der Waals surface area contributed by atoms with Gasteiger partial charge in [0.15, 0.2) is 17.9 Å². The van der Waals surface area contributed by atoms with Gasteiger partial charge in [0.05, 0.1) is 18.6 Å². The normalized spacial score (nSPS) is 27.7. The van der Waals surface area contributed by atoms with Crippen LogP contribution in [0.3, 0.4) is 0 Å². The molecule has 0 amide bonds. The summed E-state index contributed by atoms with van der Waals surface area (Å²) in [4.78, 5) is 21.3. The monoisotopic (exact) mass is 328 g/mol. The van der Waals surface area contributed by atoms with Crippen LogP contribution in [0.15, 0.2) is 16.0 Å². The minimum Gasteiger partial charge on any atom is -0.388 e. The molecule has 0 aromatic carbocycles. The molecule has 1 saturated heterocycles. The van der Waals surface area contributed by atoms with E-state index in [4.69, 9.17) is 4.74 Å². The first-order chi connectivity index (χ1) is 10.9. The van der Waals surface area contributed by atoms with E-state index in [1.807, 2.05) is 18.7 Å². The van der Waals surface area contributed by atoms with Crippen molar-refractivity contribution >= 4 is 12.2 Å². The van der Waals surface area contributed by atoms with E-state index in [2.05, 4.69) is 9.98 Å². The lowest BCUT2D eigenvalue weighted by Gasteiger charge is -2.17. The predicted octanol–water partition coefficient (Wildman–Crippen LogP) is 0.0231. The first-order valence-corrected chi connectivity index (χ1v) is 7.47. The van der Waals surface area contributed by atoms with Gasteiger partial charge < -0.3 is 19.8 Å².